The van der Waals surface area contributed by atoms with Crippen LogP contribution in [0.5, 0.6) is 11.5 Å². The smallest absolute Gasteiger partial charge is 0.168 e. The first-order valence-corrected chi connectivity index (χ1v) is 11.3. The molecule has 0 aliphatic heterocycles. The summed E-state index contributed by atoms with van der Waals surface area (Å²) in [5, 5.41) is 9.09. The second kappa shape index (κ2) is 10.8. The highest BCUT2D eigenvalue weighted by Crippen LogP contribution is 2.33. The van der Waals surface area contributed by atoms with Gasteiger partial charge in [0.2, 0.25) is 0 Å². The van der Waals surface area contributed by atoms with E-state index in [4.69, 9.17) is 14.7 Å². The summed E-state index contributed by atoms with van der Waals surface area (Å²) in [6, 6.07) is 13.0. The average Bonchev–Trinajstić information content (AvgIpc) is 3.22. The average molecular weight is 475 g/mol. The zero-order chi connectivity index (χ0) is 24.8. The van der Waals surface area contributed by atoms with Crippen molar-refractivity contribution in [3.63, 3.8) is 0 Å². The first-order valence-electron chi connectivity index (χ1n) is 11.3. The molecule has 0 N–H and O–H groups in total. The molecule has 4 rings (SSSR count). The Morgan fingerprint density at radius 1 is 1.09 bits per heavy atom. The minimum absolute atomic E-state index is 0.274. The largest absolute Gasteiger partial charge is 0.493 e. The molecule has 0 unspecified atom stereocenters. The van der Waals surface area contributed by atoms with Crippen LogP contribution in [0, 0.1) is 23.0 Å². The molecular formula is C27H24F2N4O2. The molecule has 35 heavy (non-hydrogen) atoms. The van der Waals surface area contributed by atoms with Crippen LogP contribution in [-0.4, -0.2) is 28.3 Å². The van der Waals surface area contributed by atoms with Gasteiger partial charge in [-0.25, -0.2) is 18.7 Å². The lowest BCUT2D eigenvalue weighted by Gasteiger charge is -2.13. The van der Waals surface area contributed by atoms with Crippen LogP contribution in [0.3, 0.4) is 0 Å². The SMILES string of the molecule is CCCCCOc1c(C=Cc2nc3cc(F)c(F)cc3n2-c2ccc(C#N)cn2)cccc1OC. The molecule has 0 amide bonds. The normalized spacial score (nSPS) is 11.2. The van der Waals surface area contributed by atoms with Crippen LogP contribution in [0.15, 0.2) is 48.7 Å². The predicted molar refractivity (Wildman–Crippen MR) is 130 cm³/mol. The lowest BCUT2D eigenvalue weighted by Crippen LogP contribution is -2.02. The van der Waals surface area contributed by atoms with E-state index in [0.29, 0.717) is 40.8 Å². The van der Waals surface area contributed by atoms with E-state index in [1.165, 1.54) is 6.20 Å². The molecule has 4 aromatic rings. The summed E-state index contributed by atoms with van der Waals surface area (Å²) in [4.78, 5) is 8.82. The van der Waals surface area contributed by atoms with Crippen LogP contribution in [0.4, 0.5) is 8.78 Å². The summed E-state index contributed by atoms with van der Waals surface area (Å²) >= 11 is 0. The van der Waals surface area contributed by atoms with Crippen LogP contribution in [0.2, 0.25) is 0 Å². The maximum Gasteiger partial charge on any atom is 0.168 e. The standard InChI is InChI=1S/C27H24F2N4O2/c1-3-4-5-13-35-27-19(7-6-8-24(27)34-2)10-12-26-32-22-14-20(28)21(29)15-23(22)33(26)25-11-9-18(16-30)17-31-25/h6-12,14-15,17H,3-5,13H2,1-2H3. The van der Waals surface area contributed by atoms with Crippen molar-refractivity contribution in [1.29, 1.82) is 5.26 Å². The summed E-state index contributed by atoms with van der Waals surface area (Å²) in [5.74, 6) is 0.0638. The molecule has 0 bridgehead atoms. The number of para-hydroxylation sites is 1. The zero-order valence-corrected chi connectivity index (χ0v) is 19.5. The first kappa shape index (κ1) is 23.9. The molecule has 0 aliphatic carbocycles. The van der Waals surface area contributed by atoms with E-state index in [-0.39, 0.29) is 5.52 Å². The minimum atomic E-state index is -0.988. The number of unbranched alkanes of at least 4 members (excludes halogenated alkanes) is 2. The third kappa shape index (κ3) is 5.14. The molecular weight excluding hydrogens is 450 g/mol. The molecule has 2 aromatic heterocycles. The van der Waals surface area contributed by atoms with Gasteiger partial charge >= 0.3 is 0 Å². The number of methoxy groups -OCH3 is 1. The number of pyridine rings is 1. The number of nitrogens with zero attached hydrogens (tertiary/aromatic N) is 4. The van der Waals surface area contributed by atoms with Crippen molar-refractivity contribution >= 4 is 23.2 Å². The number of hydrogen-bond donors (Lipinski definition) is 0. The van der Waals surface area contributed by atoms with Crippen LogP contribution < -0.4 is 9.47 Å². The Balaban J connectivity index is 1.79. The number of rotatable bonds is 9. The van der Waals surface area contributed by atoms with Crippen molar-refractivity contribution in [3.8, 4) is 23.4 Å². The predicted octanol–water partition coefficient (Wildman–Crippen LogP) is 6.32. The Morgan fingerprint density at radius 2 is 1.91 bits per heavy atom. The molecule has 8 heteroatoms. The highest BCUT2D eigenvalue weighted by molar-refractivity contribution is 5.82. The molecule has 0 aliphatic rings. The molecule has 0 atom stereocenters. The zero-order valence-electron chi connectivity index (χ0n) is 19.5. The number of imidazole rings is 1. The molecule has 0 saturated carbocycles. The Bertz CT molecular complexity index is 1410. The van der Waals surface area contributed by atoms with Gasteiger partial charge in [0.25, 0.3) is 0 Å². The van der Waals surface area contributed by atoms with Gasteiger partial charge in [-0.15, -0.1) is 0 Å². The lowest BCUT2D eigenvalue weighted by atomic mass is 10.1. The molecule has 178 valence electrons. The number of aromatic nitrogens is 3. The van der Waals surface area contributed by atoms with Crippen molar-refractivity contribution in [1.82, 2.24) is 14.5 Å². The van der Waals surface area contributed by atoms with E-state index in [9.17, 15) is 8.78 Å². The van der Waals surface area contributed by atoms with Gasteiger partial charge < -0.3 is 9.47 Å². The molecule has 2 heterocycles. The topological polar surface area (TPSA) is 73.0 Å². The summed E-state index contributed by atoms with van der Waals surface area (Å²) in [5.41, 5.74) is 1.78. The summed E-state index contributed by atoms with van der Waals surface area (Å²) in [6.07, 6.45) is 8.03. The van der Waals surface area contributed by atoms with Gasteiger partial charge in [0.1, 0.15) is 17.7 Å². The van der Waals surface area contributed by atoms with Gasteiger partial charge in [0.15, 0.2) is 23.1 Å². The van der Waals surface area contributed by atoms with Gasteiger partial charge in [0.05, 0.1) is 30.3 Å². The minimum Gasteiger partial charge on any atom is -0.493 e. The molecule has 0 radical (unpaired) electrons. The van der Waals surface area contributed by atoms with Crippen molar-refractivity contribution < 1.29 is 18.3 Å². The fourth-order valence-corrected chi connectivity index (χ4v) is 3.70. The van der Waals surface area contributed by atoms with Crippen molar-refractivity contribution in [2.24, 2.45) is 0 Å². The maximum atomic E-state index is 14.1. The lowest BCUT2D eigenvalue weighted by molar-refractivity contribution is 0.285. The monoisotopic (exact) mass is 474 g/mol. The molecule has 2 aromatic carbocycles. The number of hydrogen-bond acceptors (Lipinski definition) is 5. The maximum absolute atomic E-state index is 14.1. The molecule has 0 saturated heterocycles. The van der Waals surface area contributed by atoms with Crippen LogP contribution in [-0.2, 0) is 0 Å². The number of nitriles is 1. The number of benzene rings is 2. The Kier molecular flexibility index (Phi) is 7.36. The third-order valence-corrected chi connectivity index (χ3v) is 5.46. The van der Waals surface area contributed by atoms with Crippen LogP contribution in [0.25, 0.3) is 29.0 Å². The molecule has 0 spiro atoms. The molecule has 0 fully saturated rings. The van der Waals surface area contributed by atoms with Gasteiger partial charge in [-0.3, -0.25) is 4.57 Å². The van der Waals surface area contributed by atoms with Crippen LogP contribution in [0.1, 0.15) is 43.1 Å². The highest BCUT2D eigenvalue weighted by Gasteiger charge is 2.16. The number of fused-ring (bicyclic) bond motifs is 1. The van der Waals surface area contributed by atoms with E-state index < -0.39 is 11.6 Å². The number of halogens is 2. The van der Waals surface area contributed by atoms with Gasteiger partial charge in [0, 0.05) is 23.9 Å². The Morgan fingerprint density at radius 3 is 2.63 bits per heavy atom. The third-order valence-electron chi connectivity index (χ3n) is 5.46. The first-order chi connectivity index (χ1) is 17.0. The van der Waals surface area contributed by atoms with Crippen LogP contribution >= 0.6 is 0 Å². The van der Waals surface area contributed by atoms with E-state index in [0.717, 1.165) is 37.0 Å². The van der Waals surface area contributed by atoms with E-state index in [2.05, 4.69) is 16.9 Å². The number of ether oxygens (including phenoxy) is 2. The van der Waals surface area contributed by atoms with Crippen molar-refractivity contribution in [2.45, 2.75) is 26.2 Å². The van der Waals surface area contributed by atoms with E-state index >= 15 is 0 Å². The van der Waals surface area contributed by atoms with E-state index in [1.807, 2.05) is 30.3 Å². The Hall–Kier alpha value is -4.25. The van der Waals surface area contributed by atoms with Gasteiger partial charge in [-0.1, -0.05) is 31.9 Å². The van der Waals surface area contributed by atoms with Crippen molar-refractivity contribution in [2.75, 3.05) is 13.7 Å². The fourth-order valence-electron chi connectivity index (χ4n) is 3.70. The second-order valence-electron chi connectivity index (χ2n) is 7.84. The molecule has 6 nitrogen and oxygen atoms in total. The fraction of sp³-hybridized carbons (Fsp3) is 0.222. The summed E-state index contributed by atoms with van der Waals surface area (Å²) in [6.45, 7) is 2.69. The van der Waals surface area contributed by atoms with Gasteiger partial charge in [-0.05, 0) is 36.8 Å². The Labute approximate surface area is 202 Å². The highest BCUT2D eigenvalue weighted by atomic mass is 19.2. The quantitative estimate of drug-likeness (QED) is 0.266. The second-order valence-corrected chi connectivity index (χ2v) is 7.84. The summed E-state index contributed by atoms with van der Waals surface area (Å²) < 4.78 is 41.2. The van der Waals surface area contributed by atoms with Gasteiger partial charge in [-0.2, -0.15) is 5.26 Å². The van der Waals surface area contributed by atoms with E-state index in [1.54, 1.807) is 29.9 Å². The van der Waals surface area contributed by atoms with Crippen molar-refractivity contribution in [3.05, 3.63) is 77.2 Å². The summed E-state index contributed by atoms with van der Waals surface area (Å²) in [7, 11) is 1.58.